The molecule has 0 atom stereocenters. The lowest BCUT2D eigenvalue weighted by atomic mass is 10.2. The summed E-state index contributed by atoms with van der Waals surface area (Å²) >= 11 is 0. The fourth-order valence-corrected chi connectivity index (χ4v) is 4.82. The van der Waals surface area contributed by atoms with Gasteiger partial charge < -0.3 is 5.32 Å². The van der Waals surface area contributed by atoms with E-state index < -0.39 is 10.0 Å². The SMILES string of the molecule is Cc1cc(C)n(-c2ccc(C(=O)Nc3ccc(S(=O)(=O)N(C)Cc4ccccc4)cc3)cc2)n1. The number of nitrogens with one attached hydrogen (secondary N) is 1. The fourth-order valence-electron chi connectivity index (χ4n) is 3.66. The number of hydrogen-bond donors (Lipinski definition) is 1. The zero-order valence-electron chi connectivity index (χ0n) is 19.3. The topological polar surface area (TPSA) is 84.3 Å². The molecule has 0 saturated heterocycles. The number of rotatable bonds is 7. The zero-order chi connectivity index (χ0) is 24.3. The number of benzene rings is 3. The average molecular weight is 475 g/mol. The maximum atomic E-state index is 12.9. The van der Waals surface area contributed by atoms with Gasteiger partial charge in [0, 0.05) is 30.5 Å². The Hall–Kier alpha value is -3.75. The molecule has 4 rings (SSSR count). The monoisotopic (exact) mass is 474 g/mol. The van der Waals surface area contributed by atoms with Gasteiger partial charge in [0.05, 0.1) is 16.3 Å². The summed E-state index contributed by atoms with van der Waals surface area (Å²) in [5, 5.41) is 7.26. The number of hydrogen-bond acceptors (Lipinski definition) is 4. The van der Waals surface area contributed by atoms with E-state index in [0.29, 0.717) is 11.3 Å². The van der Waals surface area contributed by atoms with Crippen molar-refractivity contribution in [3.05, 3.63) is 107 Å². The number of aromatic nitrogens is 2. The quantitative estimate of drug-likeness (QED) is 0.426. The summed E-state index contributed by atoms with van der Waals surface area (Å²) in [6, 6.07) is 24.7. The van der Waals surface area contributed by atoms with Crippen LogP contribution in [0.1, 0.15) is 27.3 Å². The van der Waals surface area contributed by atoms with Crippen LogP contribution < -0.4 is 5.32 Å². The molecular formula is C26H26N4O3S. The molecular weight excluding hydrogens is 448 g/mol. The third kappa shape index (κ3) is 5.08. The lowest BCUT2D eigenvalue weighted by molar-refractivity contribution is 0.102. The van der Waals surface area contributed by atoms with Gasteiger partial charge in [0.2, 0.25) is 10.0 Å². The average Bonchev–Trinajstić information content (AvgIpc) is 3.18. The maximum absolute atomic E-state index is 12.9. The minimum Gasteiger partial charge on any atom is -0.322 e. The Balaban J connectivity index is 1.43. The first kappa shape index (κ1) is 23.4. The molecule has 174 valence electrons. The van der Waals surface area contributed by atoms with Gasteiger partial charge in [0.25, 0.3) is 5.91 Å². The molecule has 0 aliphatic heterocycles. The first-order valence-corrected chi connectivity index (χ1v) is 12.2. The van der Waals surface area contributed by atoms with Crippen molar-refractivity contribution in [3.63, 3.8) is 0 Å². The van der Waals surface area contributed by atoms with E-state index in [4.69, 9.17) is 0 Å². The van der Waals surface area contributed by atoms with Gasteiger partial charge in [-0.3, -0.25) is 4.79 Å². The molecule has 0 spiro atoms. The van der Waals surface area contributed by atoms with Crippen molar-refractivity contribution in [2.24, 2.45) is 0 Å². The second-order valence-corrected chi connectivity index (χ2v) is 10.2. The highest BCUT2D eigenvalue weighted by Gasteiger charge is 2.21. The number of carbonyl (C=O) groups is 1. The molecule has 3 aromatic carbocycles. The van der Waals surface area contributed by atoms with Crippen LogP contribution in [0.5, 0.6) is 0 Å². The summed E-state index contributed by atoms with van der Waals surface area (Å²) in [5.41, 5.74) is 4.72. The van der Waals surface area contributed by atoms with E-state index in [1.54, 1.807) is 31.3 Å². The Morgan fingerprint density at radius 3 is 2.18 bits per heavy atom. The second-order valence-electron chi connectivity index (χ2n) is 8.11. The van der Waals surface area contributed by atoms with Gasteiger partial charge in [0.1, 0.15) is 0 Å². The van der Waals surface area contributed by atoms with Crippen molar-refractivity contribution in [3.8, 4) is 5.69 Å². The van der Waals surface area contributed by atoms with E-state index in [9.17, 15) is 13.2 Å². The summed E-state index contributed by atoms with van der Waals surface area (Å²) in [7, 11) is -2.11. The van der Waals surface area contributed by atoms with E-state index in [0.717, 1.165) is 22.6 Å². The molecule has 34 heavy (non-hydrogen) atoms. The van der Waals surface area contributed by atoms with Gasteiger partial charge in [0.15, 0.2) is 0 Å². The molecule has 1 heterocycles. The van der Waals surface area contributed by atoms with Crippen LogP contribution in [0.25, 0.3) is 5.69 Å². The molecule has 0 aliphatic rings. The molecule has 0 bridgehead atoms. The Labute approximate surface area is 199 Å². The van der Waals surface area contributed by atoms with Gasteiger partial charge in [-0.2, -0.15) is 9.40 Å². The number of aryl methyl sites for hydroxylation is 2. The second kappa shape index (κ2) is 9.62. The first-order valence-electron chi connectivity index (χ1n) is 10.8. The van der Waals surface area contributed by atoms with E-state index >= 15 is 0 Å². The van der Waals surface area contributed by atoms with Crippen LogP contribution in [0.15, 0.2) is 89.8 Å². The highest BCUT2D eigenvalue weighted by molar-refractivity contribution is 7.89. The Kier molecular flexibility index (Phi) is 6.63. The molecule has 4 aromatic rings. The van der Waals surface area contributed by atoms with Gasteiger partial charge in [-0.15, -0.1) is 0 Å². The summed E-state index contributed by atoms with van der Waals surface area (Å²) in [4.78, 5) is 12.8. The van der Waals surface area contributed by atoms with Crippen molar-refractivity contribution < 1.29 is 13.2 Å². The van der Waals surface area contributed by atoms with Crippen LogP contribution in [0, 0.1) is 13.8 Å². The summed E-state index contributed by atoms with van der Waals surface area (Å²) < 4.78 is 28.9. The zero-order valence-corrected chi connectivity index (χ0v) is 20.1. The predicted octanol–water partition coefficient (Wildman–Crippen LogP) is 4.56. The van der Waals surface area contributed by atoms with Crippen LogP contribution in [0.3, 0.4) is 0 Å². The summed E-state index contributed by atoms with van der Waals surface area (Å²) in [6.07, 6.45) is 0. The largest absolute Gasteiger partial charge is 0.322 e. The molecule has 1 N–H and O–H groups in total. The van der Waals surface area contributed by atoms with Gasteiger partial charge >= 0.3 is 0 Å². The molecule has 8 heteroatoms. The molecule has 0 radical (unpaired) electrons. The van der Waals surface area contributed by atoms with Crippen LogP contribution >= 0.6 is 0 Å². The lowest BCUT2D eigenvalue weighted by Crippen LogP contribution is -2.26. The highest BCUT2D eigenvalue weighted by Crippen LogP contribution is 2.20. The number of nitrogens with zero attached hydrogens (tertiary/aromatic N) is 3. The van der Waals surface area contributed by atoms with Gasteiger partial charge in [-0.05, 0) is 74.0 Å². The van der Waals surface area contributed by atoms with Crippen LogP contribution in [0.2, 0.25) is 0 Å². The predicted molar refractivity (Wildman–Crippen MR) is 133 cm³/mol. The molecule has 0 fully saturated rings. The fraction of sp³-hybridized carbons (Fsp3) is 0.154. The minimum atomic E-state index is -3.66. The molecule has 7 nitrogen and oxygen atoms in total. The van der Waals surface area contributed by atoms with E-state index in [1.165, 1.54) is 16.4 Å². The Bertz CT molecular complexity index is 1390. The van der Waals surface area contributed by atoms with Crippen molar-refractivity contribution >= 4 is 21.6 Å². The van der Waals surface area contributed by atoms with Crippen LogP contribution in [-0.2, 0) is 16.6 Å². The van der Waals surface area contributed by atoms with Gasteiger partial charge in [-0.1, -0.05) is 30.3 Å². The van der Waals surface area contributed by atoms with E-state index in [-0.39, 0.29) is 17.3 Å². The normalized spacial score (nSPS) is 11.5. The van der Waals surface area contributed by atoms with Crippen molar-refractivity contribution in [2.45, 2.75) is 25.3 Å². The summed E-state index contributed by atoms with van der Waals surface area (Å²) in [5.74, 6) is -0.281. The van der Waals surface area contributed by atoms with Gasteiger partial charge in [-0.25, -0.2) is 13.1 Å². The number of carbonyl (C=O) groups excluding carboxylic acids is 1. The molecule has 1 aromatic heterocycles. The standard InChI is InChI=1S/C26H26N4O3S/c1-19-17-20(2)30(28-19)24-13-9-22(10-14-24)26(31)27-23-11-15-25(16-12-23)34(32,33)29(3)18-21-7-5-4-6-8-21/h4-17H,18H2,1-3H3,(H,27,31). The van der Waals surface area contributed by atoms with Crippen LogP contribution in [-0.4, -0.2) is 35.5 Å². The number of anilines is 1. The van der Waals surface area contributed by atoms with Crippen molar-refractivity contribution in [2.75, 3.05) is 12.4 Å². The number of sulfonamides is 1. The van der Waals surface area contributed by atoms with E-state index in [2.05, 4.69) is 10.4 Å². The maximum Gasteiger partial charge on any atom is 0.255 e. The Morgan fingerprint density at radius 1 is 0.941 bits per heavy atom. The molecule has 0 aliphatic carbocycles. The molecule has 1 amide bonds. The summed E-state index contributed by atoms with van der Waals surface area (Å²) in [6.45, 7) is 4.18. The molecule has 0 unspecified atom stereocenters. The minimum absolute atomic E-state index is 0.165. The third-order valence-corrected chi connectivity index (χ3v) is 7.27. The highest BCUT2D eigenvalue weighted by atomic mass is 32.2. The van der Waals surface area contributed by atoms with E-state index in [1.807, 2.05) is 67.1 Å². The molecule has 0 saturated carbocycles. The lowest BCUT2D eigenvalue weighted by Gasteiger charge is -2.17. The van der Waals surface area contributed by atoms with Crippen molar-refractivity contribution in [1.82, 2.24) is 14.1 Å². The van der Waals surface area contributed by atoms with Crippen molar-refractivity contribution in [1.29, 1.82) is 0 Å². The third-order valence-electron chi connectivity index (χ3n) is 5.45. The van der Waals surface area contributed by atoms with Crippen LogP contribution in [0.4, 0.5) is 5.69 Å². The first-order chi connectivity index (χ1) is 16.2. The smallest absolute Gasteiger partial charge is 0.255 e. The Morgan fingerprint density at radius 2 is 1.59 bits per heavy atom. The number of amides is 1.